The zero-order valence-corrected chi connectivity index (χ0v) is 12.7. The smallest absolute Gasteiger partial charge is 0.314 e. The molecule has 0 atom stereocenters. The average molecular weight is 291 g/mol. The van der Waals surface area contributed by atoms with E-state index in [1.807, 2.05) is 20.0 Å². The monoisotopic (exact) mass is 291 g/mol. The molecule has 6 heteroatoms. The van der Waals surface area contributed by atoms with Crippen molar-refractivity contribution in [2.75, 3.05) is 45.7 Å². The van der Waals surface area contributed by atoms with E-state index in [-0.39, 0.29) is 0 Å². The highest BCUT2D eigenvalue weighted by Crippen LogP contribution is 2.25. The number of hydrogen-bond donors (Lipinski definition) is 1. The van der Waals surface area contributed by atoms with Crippen LogP contribution in [0.5, 0.6) is 5.75 Å². The third-order valence-electron chi connectivity index (χ3n) is 3.59. The van der Waals surface area contributed by atoms with Gasteiger partial charge in [-0.05, 0) is 31.7 Å². The lowest BCUT2D eigenvalue weighted by molar-refractivity contribution is -0.144. The van der Waals surface area contributed by atoms with E-state index in [0.717, 1.165) is 18.7 Å². The summed E-state index contributed by atoms with van der Waals surface area (Å²) in [5.74, 6) is -0.574. The molecule has 1 aromatic carbocycles. The van der Waals surface area contributed by atoms with Gasteiger partial charge in [0.15, 0.2) is 0 Å². The fourth-order valence-electron chi connectivity index (χ4n) is 2.25. The second-order valence-corrected chi connectivity index (χ2v) is 5.25. The number of methoxy groups -OCH3 is 1. The Kier molecular flexibility index (Phi) is 4.80. The van der Waals surface area contributed by atoms with Gasteiger partial charge < -0.3 is 19.9 Å². The molecule has 0 aromatic heterocycles. The van der Waals surface area contributed by atoms with Gasteiger partial charge in [0.2, 0.25) is 0 Å². The van der Waals surface area contributed by atoms with E-state index in [1.165, 1.54) is 7.11 Å². The van der Waals surface area contributed by atoms with Crippen LogP contribution < -0.4 is 10.1 Å². The minimum absolute atomic E-state index is 0.494. The summed E-state index contributed by atoms with van der Waals surface area (Å²) in [7, 11) is 3.53. The summed E-state index contributed by atoms with van der Waals surface area (Å²) in [5, 5.41) is 2.64. The number of ether oxygens (including phenoxy) is 1. The SMILES string of the molecule is COc1ccc(C)cc1NC(=O)C(=O)N1CCN(C)CC1. The zero-order valence-electron chi connectivity index (χ0n) is 12.7. The molecule has 0 spiro atoms. The Morgan fingerprint density at radius 3 is 2.48 bits per heavy atom. The summed E-state index contributed by atoms with van der Waals surface area (Å²) in [6.07, 6.45) is 0. The topological polar surface area (TPSA) is 61.9 Å². The molecule has 1 fully saturated rings. The number of benzene rings is 1. The number of nitrogens with one attached hydrogen (secondary N) is 1. The summed E-state index contributed by atoms with van der Waals surface area (Å²) >= 11 is 0. The predicted octanol–water partition coefficient (Wildman–Crippen LogP) is 0.716. The van der Waals surface area contributed by atoms with Crippen LogP contribution in [0.4, 0.5) is 5.69 Å². The molecule has 1 aliphatic rings. The zero-order chi connectivity index (χ0) is 15.4. The van der Waals surface area contributed by atoms with Gasteiger partial charge in [0.25, 0.3) is 0 Å². The summed E-state index contributed by atoms with van der Waals surface area (Å²) in [5.41, 5.74) is 1.50. The molecule has 21 heavy (non-hydrogen) atoms. The molecule has 1 aromatic rings. The third-order valence-corrected chi connectivity index (χ3v) is 3.59. The van der Waals surface area contributed by atoms with E-state index in [1.54, 1.807) is 17.0 Å². The minimum atomic E-state index is -0.622. The van der Waals surface area contributed by atoms with Crippen molar-refractivity contribution in [1.29, 1.82) is 0 Å². The molecule has 114 valence electrons. The number of nitrogens with zero attached hydrogens (tertiary/aromatic N) is 2. The molecule has 0 radical (unpaired) electrons. The number of anilines is 1. The largest absolute Gasteiger partial charge is 0.495 e. The molecule has 2 rings (SSSR count). The highest BCUT2D eigenvalue weighted by Gasteiger charge is 2.25. The standard InChI is InChI=1S/C15H21N3O3/c1-11-4-5-13(21-3)12(10-11)16-14(19)15(20)18-8-6-17(2)7-9-18/h4-5,10H,6-9H2,1-3H3,(H,16,19). The van der Waals surface area contributed by atoms with E-state index < -0.39 is 11.8 Å². The molecule has 1 aliphatic heterocycles. The Labute approximate surface area is 124 Å². The number of rotatable bonds is 2. The van der Waals surface area contributed by atoms with Gasteiger partial charge in [-0.1, -0.05) is 6.07 Å². The maximum Gasteiger partial charge on any atom is 0.314 e. The Bertz CT molecular complexity index is 537. The van der Waals surface area contributed by atoms with Crippen LogP contribution in [0, 0.1) is 6.92 Å². The Balaban J connectivity index is 2.04. The Morgan fingerprint density at radius 2 is 1.86 bits per heavy atom. The average Bonchev–Trinajstić information content (AvgIpc) is 2.47. The van der Waals surface area contributed by atoms with E-state index in [2.05, 4.69) is 10.2 Å². The molecule has 0 saturated carbocycles. The van der Waals surface area contributed by atoms with Crippen LogP contribution in [-0.4, -0.2) is 62.0 Å². The van der Waals surface area contributed by atoms with Crippen molar-refractivity contribution in [1.82, 2.24) is 9.80 Å². The maximum absolute atomic E-state index is 12.1. The Morgan fingerprint density at radius 1 is 1.19 bits per heavy atom. The van der Waals surface area contributed by atoms with Crippen molar-refractivity contribution in [3.63, 3.8) is 0 Å². The van der Waals surface area contributed by atoms with Gasteiger partial charge in [0, 0.05) is 26.2 Å². The number of amides is 2. The van der Waals surface area contributed by atoms with Gasteiger partial charge >= 0.3 is 11.8 Å². The van der Waals surface area contributed by atoms with Crippen molar-refractivity contribution in [2.45, 2.75) is 6.92 Å². The van der Waals surface area contributed by atoms with E-state index in [9.17, 15) is 9.59 Å². The molecule has 2 amide bonds. The molecule has 0 unspecified atom stereocenters. The van der Waals surface area contributed by atoms with Gasteiger partial charge in [-0.25, -0.2) is 0 Å². The number of carbonyl (C=O) groups excluding carboxylic acids is 2. The fraction of sp³-hybridized carbons (Fsp3) is 0.467. The number of aryl methyl sites for hydroxylation is 1. The van der Waals surface area contributed by atoms with Gasteiger partial charge in [-0.2, -0.15) is 0 Å². The van der Waals surface area contributed by atoms with Crippen molar-refractivity contribution < 1.29 is 14.3 Å². The lowest BCUT2D eigenvalue weighted by atomic mass is 10.2. The summed E-state index contributed by atoms with van der Waals surface area (Å²) in [4.78, 5) is 28.0. The van der Waals surface area contributed by atoms with Crippen molar-refractivity contribution >= 4 is 17.5 Å². The highest BCUT2D eigenvalue weighted by molar-refractivity contribution is 6.39. The maximum atomic E-state index is 12.1. The number of carbonyl (C=O) groups is 2. The molecule has 1 saturated heterocycles. The number of likely N-dealkylation sites (N-methyl/N-ethyl adjacent to an activating group) is 1. The summed E-state index contributed by atoms with van der Waals surface area (Å²) in [6, 6.07) is 5.44. The fourth-order valence-corrected chi connectivity index (χ4v) is 2.25. The first-order valence-corrected chi connectivity index (χ1v) is 6.94. The molecular weight excluding hydrogens is 270 g/mol. The highest BCUT2D eigenvalue weighted by atomic mass is 16.5. The first-order chi connectivity index (χ1) is 10.0. The van der Waals surface area contributed by atoms with Crippen LogP contribution in [0.1, 0.15) is 5.56 Å². The molecule has 0 aliphatic carbocycles. The lowest BCUT2D eigenvalue weighted by Crippen LogP contribution is -2.50. The molecule has 0 bridgehead atoms. The third kappa shape index (κ3) is 3.72. The molecule has 6 nitrogen and oxygen atoms in total. The number of hydrogen-bond acceptors (Lipinski definition) is 4. The first kappa shape index (κ1) is 15.3. The van der Waals surface area contributed by atoms with Crippen LogP contribution >= 0.6 is 0 Å². The van der Waals surface area contributed by atoms with Gasteiger partial charge in [0.1, 0.15) is 5.75 Å². The summed E-state index contributed by atoms with van der Waals surface area (Å²) < 4.78 is 5.19. The van der Waals surface area contributed by atoms with Crippen LogP contribution in [0.15, 0.2) is 18.2 Å². The van der Waals surface area contributed by atoms with Crippen molar-refractivity contribution in [2.24, 2.45) is 0 Å². The van der Waals surface area contributed by atoms with Crippen molar-refractivity contribution in [3.8, 4) is 5.75 Å². The second-order valence-electron chi connectivity index (χ2n) is 5.25. The molecule has 1 N–H and O–H groups in total. The van der Waals surface area contributed by atoms with Gasteiger partial charge in [-0.3, -0.25) is 9.59 Å². The Hall–Kier alpha value is -2.08. The van der Waals surface area contributed by atoms with E-state index in [4.69, 9.17) is 4.74 Å². The van der Waals surface area contributed by atoms with Crippen molar-refractivity contribution in [3.05, 3.63) is 23.8 Å². The molecular formula is C15H21N3O3. The van der Waals surface area contributed by atoms with Gasteiger partial charge in [0.05, 0.1) is 12.8 Å². The normalized spacial score (nSPS) is 15.7. The molecule has 1 heterocycles. The first-order valence-electron chi connectivity index (χ1n) is 6.94. The minimum Gasteiger partial charge on any atom is -0.495 e. The van der Waals surface area contributed by atoms with E-state index in [0.29, 0.717) is 24.5 Å². The van der Waals surface area contributed by atoms with Crippen LogP contribution in [0.25, 0.3) is 0 Å². The van der Waals surface area contributed by atoms with Crippen LogP contribution in [0.2, 0.25) is 0 Å². The van der Waals surface area contributed by atoms with Crippen LogP contribution in [-0.2, 0) is 9.59 Å². The summed E-state index contributed by atoms with van der Waals surface area (Å²) in [6.45, 7) is 4.64. The van der Waals surface area contributed by atoms with Crippen LogP contribution in [0.3, 0.4) is 0 Å². The lowest BCUT2D eigenvalue weighted by Gasteiger charge is -2.31. The predicted molar refractivity (Wildman–Crippen MR) is 80.4 cm³/mol. The van der Waals surface area contributed by atoms with Gasteiger partial charge in [-0.15, -0.1) is 0 Å². The quantitative estimate of drug-likeness (QED) is 0.816. The second kappa shape index (κ2) is 6.58. The van der Waals surface area contributed by atoms with E-state index >= 15 is 0 Å². The number of piperazine rings is 1.